The number of nitrogens with one attached hydrogen (secondary N) is 11. The zero-order valence-corrected chi connectivity index (χ0v) is 52.8. The second-order valence-corrected chi connectivity index (χ2v) is 23.2. The van der Waals surface area contributed by atoms with E-state index in [0.717, 1.165) is 32.9 Å². The maximum absolute atomic E-state index is 15.3. The molecule has 0 saturated carbocycles. The smallest absolute Gasteiger partial charge is 0.456 e. The highest BCUT2D eigenvalue weighted by Gasteiger charge is 2.49. The molecule has 10 amide bonds. The summed E-state index contributed by atoms with van der Waals surface area (Å²) in [4.78, 5) is 181. The number of nitrogens with two attached hydrogens (primary N) is 3. The van der Waals surface area contributed by atoms with Gasteiger partial charge in [-0.25, -0.2) is 14.4 Å². The zero-order chi connectivity index (χ0) is 71.9. The van der Waals surface area contributed by atoms with Crippen molar-refractivity contribution in [3.05, 3.63) is 35.9 Å². The first-order chi connectivity index (χ1) is 43.5. The number of guanidine groups is 1. The average Bonchev–Trinajstić information content (AvgIpc) is 0.875. The number of alkyl halides is 6. The Labute approximate surface area is 535 Å². The summed E-state index contributed by atoms with van der Waals surface area (Å²) in [5, 5.41) is 51.0. The van der Waals surface area contributed by atoms with Crippen LogP contribution in [0.4, 0.5) is 26.3 Å². The number of rotatable bonds is 21. The van der Waals surface area contributed by atoms with Gasteiger partial charge in [-0.15, -0.1) is 0 Å². The minimum atomic E-state index is -5.82. The summed E-state index contributed by atoms with van der Waals surface area (Å²) >= 11 is 0. The van der Waals surface area contributed by atoms with E-state index in [0.29, 0.717) is 0 Å². The molecular weight excluding hydrogens is 1270 g/mol. The van der Waals surface area contributed by atoms with Crippen molar-refractivity contribution in [3.8, 4) is 0 Å². The second-order valence-electron chi connectivity index (χ2n) is 23.2. The molecule has 0 aromatic heterocycles. The summed E-state index contributed by atoms with van der Waals surface area (Å²) in [7, 11) is 0. The number of ether oxygens (including phenoxy) is 3. The number of hydrogen-bond donors (Lipinski definition) is 16. The fourth-order valence-electron chi connectivity index (χ4n) is 8.92. The maximum Gasteiger partial charge on any atom is 0.490 e. The van der Waals surface area contributed by atoms with E-state index in [1.165, 1.54) is 39.0 Å². The normalized spacial score (nSPS) is 24.1. The lowest BCUT2D eigenvalue weighted by Crippen LogP contribution is -2.64. The Hall–Kier alpha value is -8.94. The molecule has 0 radical (unpaired) electrons. The van der Waals surface area contributed by atoms with Gasteiger partial charge in [0.2, 0.25) is 59.1 Å². The van der Waals surface area contributed by atoms with Crippen LogP contribution in [-0.2, 0) is 76.5 Å². The quantitative estimate of drug-likeness (QED) is 0.0142. The van der Waals surface area contributed by atoms with Crippen molar-refractivity contribution >= 4 is 82.9 Å². The zero-order valence-electron chi connectivity index (χ0n) is 52.8. The van der Waals surface area contributed by atoms with Crippen LogP contribution in [0.5, 0.6) is 0 Å². The molecule has 0 aliphatic carbocycles. The van der Waals surface area contributed by atoms with Crippen molar-refractivity contribution in [3.63, 3.8) is 0 Å². The number of primary amides is 1. The summed E-state index contributed by atoms with van der Waals surface area (Å²) in [6.45, 7) is 9.25. The first kappa shape index (κ1) is 81.2. The van der Waals surface area contributed by atoms with E-state index in [1.807, 2.05) is 5.32 Å². The van der Waals surface area contributed by atoms with Gasteiger partial charge in [0.05, 0.1) is 18.7 Å². The van der Waals surface area contributed by atoms with Crippen LogP contribution in [0.15, 0.2) is 30.3 Å². The Morgan fingerprint density at radius 1 is 0.681 bits per heavy atom. The molecule has 1 aromatic rings. The van der Waals surface area contributed by atoms with Crippen LogP contribution >= 0.6 is 0 Å². The molecule has 1 heterocycles. The Morgan fingerprint density at radius 3 is 1.73 bits per heavy atom. The molecule has 2 rings (SSSR count). The molecule has 528 valence electrons. The van der Waals surface area contributed by atoms with Crippen LogP contribution in [0.1, 0.15) is 106 Å². The third-order valence-corrected chi connectivity index (χ3v) is 14.0. The van der Waals surface area contributed by atoms with Crippen molar-refractivity contribution in [2.75, 3.05) is 19.7 Å². The molecule has 0 spiro atoms. The van der Waals surface area contributed by atoms with Gasteiger partial charge in [-0.3, -0.25) is 53.4 Å². The number of aliphatic hydroxyl groups excluding tert-OH is 2. The van der Waals surface area contributed by atoms with Gasteiger partial charge < -0.3 is 94.8 Å². The molecule has 4 unspecified atom stereocenters. The average molecular weight is 1360 g/mol. The fourth-order valence-corrected chi connectivity index (χ4v) is 8.92. The Morgan fingerprint density at radius 2 is 1.21 bits per heavy atom. The van der Waals surface area contributed by atoms with Gasteiger partial charge in [0.15, 0.2) is 24.2 Å². The van der Waals surface area contributed by atoms with Gasteiger partial charge in [-0.05, 0) is 61.8 Å². The molecule has 0 bridgehead atoms. The minimum absolute atomic E-state index is 0.0790. The van der Waals surface area contributed by atoms with Gasteiger partial charge in [-0.1, -0.05) is 92.1 Å². The second kappa shape index (κ2) is 37.1. The Bertz CT molecular complexity index is 2850. The Balaban J connectivity index is 3.29. The molecule has 94 heavy (non-hydrogen) atoms. The molecule has 1 fully saturated rings. The molecule has 1 aromatic carbocycles. The number of benzene rings is 1. The van der Waals surface area contributed by atoms with Gasteiger partial charge in [-0.2, -0.15) is 26.3 Å². The SMILES string of the molecule is CC[C@H](C)C1NC(=O)[C@@H](CCCNC(=N)N)NC(=O)[C@H](CC(C)C)NC(=O)[C@H](C(OC(=O)C(F)(F)F)C(C)C)NC(=O)[C@@H](NC(=O)[C@@H](N)CC(C)C)[C@@H](c2ccccc2)OC(=O)[C@H](COC(=O)C(F)(F)F)NC(=O)[C@H](C(O)C(N)=O)NC(=O)CNC(=O)[C@H](C(C)O)NC1=O. The van der Waals surface area contributed by atoms with Crippen LogP contribution in [0.25, 0.3) is 0 Å². The number of aliphatic hydroxyl groups is 2. The van der Waals surface area contributed by atoms with E-state index in [9.17, 15) is 89.3 Å². The number of cyclic esters (lactones) is 1. The van der Waals surface area contributed by atoms with Crippen molar-refractivity contribution in [1.29, 1.82) is 5.41 Å². The molecule has 1 saturated heterocycles. The fraction of sp³-hybridized carbons (Fsp3) is 0.643. The van der Waals surface area contributed by atoms with Crippen molar-refractivity contribution in [2.45, 2.75) is 186 Å². The summed E-state index contributed by atoms with van der Waals surface area (Å²) in [5.74, 6) is -26.6. The topological polar surface area (TPSA) is 512 Å². The molecular formula is C56H84F6N14O18. The van der Waals surface area contributed by atoms with Crippen LogP contribution < -0.4 is 70.4 Å². The predicted molar refractivity (Wildman–Crippen MR) is 314 cm³/mol. The number of esters is 3. The van der Waals surface area contributed by atoms with Gasteiger partial charge >= 0.3 is 30.3 Å². The standard InChI is InChI=1S/C56H84F6N14O18/c1-10-26(8)34-47(85)74-35(27(9)77)46(84)68-21-33(78)72-36(39(79)42(64)80)48(86)71-32(22-92-52(90)55(57,58)59)51(89)93-41(28-15-12-11-13-16-28)38(75-43(81)29(63)19-23(2)3)50(88)76-37(40(25(6)7)94-53(91)56(60,61)62)49(87)70-31(20-24(4)5)45(83)69-30(44(82)73-34)17-14-18-67-54(65)66/h11-13,15-16,23-27,29-32,34-41,77,79H,10,14,17-22,63H2,1-9H3,(H2,64,80)(H,68,84)(H,69,83)(H,70,87)(H,71,86)(H,72,78)(H,73,82)(H,74,85)(H,75,81)(H,76,88)(H4,65,66,67)/t26-,27?,29-,30+,31-,32-,34?,35-,36-,37-,38-,39?,40?,41+/m0/s1. The van der Waals surface area contributed by atoms with E-state index in [-0.39, 0.29) is 43.7 Å². The largest absolute Gasteiger partial charge is 0.490 e. The summed E-state index contributed by atoms with van der Waals surface area (Å²) in [5.41, 5.74) is 16.5. The van der Waals surface area contributed by atoms with Gasteiger partial charge in [0.25, 0.3) is 0 Å². The molecule has 1 aliphatic heterocycles. The lowest BCUT2D eigenvalue weighted by molar-refractivity contribution is -0.208. The van der Waals surface area contributed by atoms with Crippen LogP contribution in [-0.4, -0.2) is 198 Å². The number of carbonyl (C=O) groups is 13. The summed E-state index contributed by atoms with van der Waals surface area (Å²) in [6.07, 6.45) is -22.1. The predicted octanol–water partition coefficient (Wildman–Crippen LogP) is -3.53. The van der Waals surface area contributed by atoms with Crippen LogP contribution in [0.3, 0.4) is 0 Å². The third-order valence-electron chi connectivity index (χ3n) is 14.0. The van der Waals surface area contributed by atoms with Crippen LogP contribution in [0, 0.1) is 29.1 Å². The molecule has 14 atom stereocenters. The number of carbonyl (C=O) groups excluding carboxylic acids is 13. The van der Waals surface area contributed by atoms with Crippen molar-refractivity contribution < 1.29 is 113 Å². The monoisotopic (exact) mass is 1350 g/mol. The van der Waals surface area contributed by atoms with E-state index in [4.69, 9.17) is 32.1 Å². The molecule has 32 nitrogen and oxygen atoms in total. The first-order valence-electron chi connectivity index (χ1n) is 29.5. The third kappa shape index (κ3) is 26.2. The van der Waals surface area contributed by atoms with E-state index >= 15 is 9.59 Å². The van der Waals surface area contributed by atoms with E-state index in [2.05, 4.69) is 42.0 Å². The van der Waals surface area contributed by atoms with Gasteiger partial charge in [0.1, 0.15) is 55.0 Å². The first-order valence-corrected chi connectivity index (χ1v) is 29.5. The highest BCUT2D eigenvalue weighted by Crippen LogP contribution is 2.27. The van der Waals surface area contributed by atoms with Crippen molar-refractivity contribution in [1.82, 2.24) is 53.2 Å². The minimum Gasteiger partial charge on any atom is -0.456 e. The lowest BCUT2D eigenvalue weighted by atomic mass is 9.95. The van der Waals surface area contributed by atoms with Crippen LogP contribution in [0.2, 0.25) is 0 Å². The molecule has 38 heteroatoms. The molecule has 1 aliphatic rings. The highest BCUT2D eigenvalue weighted by molar-refractivity contribution is 6.00. The molecule has 19 N–H and O–H groups in total. The van der Waals surface area contributed by atoms with E-state index in [1.54, 1.807) is 31.4 Å². The summed E-state index contributed by atoms with van der Waals surface area (Å²) < 4.78 is 98.2. The van der Waals surface area contributed by atoms with Gasteiger partial charge in [0, 0.05) is 6.54 Å². The van der Waals surface area contributed by atoms with Crippen molar-refractivity contribution in [2.24, 2.45) is 40.9 Å². The highest BCUT2D eigenvalue weighted by atomic mass is 19.4. The van der Waals surface area contributed by atoms with E-state index < -0.39 is 211 Å². The number of hydrogen-bond acceptors (Lipinski definition) is 20. The maximum atomic E-state index is 15.3. The lowest BCUT2D eigenvalue weighted by Gasteiger charge is -2.34. The number of halogens is 6. The summed E-state index contributed by atoms with van der Waals surface area (Å²) in [6, 6.07) is -13.6. The Kier molecular flexibility index (Phi) is 32.0. The number of amides is 10.